The number of aromatic nitrogens is 4. The number of hydrogen-bond donors (Lipinski definition) is 1. The zero-order valence-corrected chi connectivity index (χ0v) is 16.5. The molecule has 29 heavy (non-hydrogen) atoms. The Morgan fingerprint density at radius 2 is 1.90 bits per heavy atom. The van der Waals surface area contributed by atoms with Gasteiger partial charge in [-0.3, -0.25) is 14.4 Å². The van der Waals surface area contributed by atoms with E-state index < -0.39 is 0 Å². The highest BCUT2D eigenvalue weighted by molar-refractivity contribution is 5.86. The zero-order chi connectivity index (χ0) is 20.4. The van der Waals surface area contributed by atoms with E-state index in [-0.39, 0.29) is 17.8 Å². The van der Waals surface area contributed by atoms with Crippen molar-refractivity contribution < 1.29 is 9.18 Å². The lowest BCUT2D eigenvalue weighted by Crippen LogP contribution is -2.54. The van der Waals surface area contributed by atoms with Crippen LogP contribution in [0.3, 0.4) is 0 Å². The van der Waals surface area contributed by atoms with Gasteiger partial charge in [-0.15, -0.1) is 0 Å². The predicted molar refractivity (Wildman–Crippen MR) is 108 cm³/mol. The first-order chi connectivity index (χ1) is 14.0. The number of aryl methyl sites for hydroxylation is 1. The fourth-order valence-corrected chi connectivity index (χ4v) is 3.63. The quantitative estimate of drug-likeness (QED) is 0.700. The molecule has 3 aromatic rings. The summed E-state index contributed by atoms with van der Waals surface area (Å²) in [4.78, 5) is 25.7. The molecule has 1 fully saturated rings. The minimum atomic E-state index is -0.279. The Hall–Kier alpha value is -3.07. The average molecular weight is 397 g/mol. The van der Waals surface area contributed by atoms with E-state index in [4.69, 9.17) is 0 Å². The number of carbonyl (C=O) groups is 1. The van der Waals surface area contributed by atoms with E-state index in [1.54, 1.807) is 29.3 Å². The Morgan fingerprint density at radius 3 is 2.62 bits per heavy atom. The van der Waals surface area contributed by atoms with Crippen LogP contribution < -0.4 is 10.2 Å². The minimum Gasteiger partial charge on any atom is -0.353 e. The van der Waals surface area contributed by atoms with Gasteiger partial charge in [0.2, 0.25) is 5.91 Å². The fraction of sp³-hybridized carbons (Fsp3) is 0.400. The van der Waals surface area contributed by atoms with E-state index in [0.29, 0.717) is 6.54 Å². The van der Waals surface area contributed by atoms with Crippen LogP contribution in [0.1, 0.15) is 12.5 Å². The Balaban J connectivity index is 1.33. The normalized spacial score (nSPS) is 16.2. The SMILES string of the molecule is CC(C(=O)NCc1ccc(F)cc1)N1CCN(c2ncnc3c2cnn3C)CC1. The zero-order valence-electron chi connectivity index (χ0n) is 16.5. The molecule has 4 rings (SSSR count). The second kappa shape index (κ2) is 8.12. The molecule has 1 aliphatic rings. The number of hydrogen-bond acceptors (Lipinski definition) is 6. The van der Waals surface area contributed by atoms with Crippen LogP contribution >= 0.6 is 0 Å². The van der Waals surface area contributed by atoms with Crippen LogP contribution in [0.5, 0.6) is 0 Å². The first-order valence-electron chi connectivity index (χ1n) is 9.67. The van der Waals surface area contributed by atoms with Crippen LogP contribution in [0, 0.1) is 5.82 Å². The molecule has 0 spiro atoms. The van der Waals surface area contributed by atoms with Gasteiger partial charge in [-0.2, -0.15) is 5.10 Å². The summed E-state index contributed by atoms with van der Waals surface area (Å²) in [5, 5.41) is 8.15. The van der Waals surface area contributed by atoms with Gasteiger partial charge < -0.3 is 10.2 Å². The second-order valence-corrected chi connectivity index (χ2v) is 7.25. The Kier molecular flexibility index (Phi) is 5.39. The van der Waals surface area contributed by atoms with Gasteiger partial charge in [-0.1, -0.05) is 12.1 Å². The summed E-state index contributed by atoms with van der Waals surface area (Å²) in [5.74, 6) is 0.578. The first-order valence-corrected chi connectivity index (χ1v) is 9.67. The highest BCUT2D eigenvalue weighted by Crippen LogP contribution is 2.23. The summed E-state index contributed by atoms with van der Waals surface area (Å²) < 4.78 is 14.7. The largest absolute Gasteiger partial charge is 0.353 e. The number of nitrogens with one attached hydrogen (secondary N) is 1. The van der Waals surface area contributed by atoms with Gasteiger partial charge in [-0.25, -0.2) is 14.4 Å². The number of rotatable bonds is 5. The lowest BCUT2D eigenvalue weighted by molar-refractivity contribution is -0.126. The van der Waals surface area contributed by atoms with Crippen LogP contribution in [-0.2, 0) is 18.4 Å². The molecule has 152 valence electrons. The van der Waals surface area contributed by atoms with Gasteiger partial charge in [0.05, 0.1) is 17.6 Å². The molecule has 9 heteroatoms. The van der Waals surface area contributed by atoms with Crippen molar-refractivity contribution in [1.82, 2.24) is 30.0 Å². The number of amides is 1. The number of anilines is 1. The Bertz CT molecular complexity index is 996. The van der Waals surface area contributed by atoms with Gasteiger partial charge in [0.1, 0.15) is 18.0 Å². The molecule has 1 amide bonds. The maximum atomic E-state index is 13.0. The summed E-state index contributed by atoms with van der Waals surface area (Å²) in [5.41, 5.74) is 1.69. The second-order valence-electron chi connectivity index (χ2n) is 7.25. The van der Waals surface area contributed by atoms with E-state index in [1.807, 2.05) is 14.0 Å². The van der Waals surface area contributed by atoms with E-state index in [2.05, 4.69) is 30.2 Å². The number of fused-ring (bicyclic) bond motifs is 1. The molecule has 0 bridgehead atoms. The summed E-state index contributed by atoms with van der Waals surface area (Å²) >= 11 is 0. The third-order valence-electron chi connectivity index (χ3n) is 5.43. The molecule has 1 N–H and O–H groups in total. The number of carbonyl (C=O) groups excluding carboxylic acids is 1. The number of nitrogens with zero attached hydrogens (tertiary/aromatic N) is 6. The van der Waals surface area contributed by atoms with Gasteiger partial charge in [0.15, 0.2) is 5.65 Å². The van der Waals surface area contributed by atoms with Crippen molar-refractivity contribution in [2.75, 3.05) is 31.1 Å². The van der Waals surface area contributed by atoms with Crippen molar-refractivity contribution in [3.63, 3.8) is 0 Å². The number of benzene rings is 1. The lowest BCUT2D eigenvalue weighted by Gasteiger charge is -2.38. The summed E-state index contributed by atoms with van der Waals surface area (Å²) in [7, 11) is 1.86. The van der Waals surface area contributed by atoms with Crippen LogP contribution in [0.4, 0.5) is 10.2 Å². The Morgan fingerprint density at radius 1 is 1.17 bits per heavy atom. The van der Waals surface area contributed by atoms with E-state index in [0.717, 1.165) is 48.6 Å². The summed E-state index contributed by atoms with van der Waals surface area (Å²) in [6.07, 6.45) is 3.36. The van der Waals surface area contributed by atoms with Crippen LogP contribution in [0.25, 0.3) is 11.0 Å². The van der Waals surface area contributed by atoms with Crippen molar-refractivity contribution in [2.45, 2.75) is 19.5 Å². The summed E-state index contributed by atoms with van der Waals surface area (Å²) in [6.45, 7) is 5.38. The molecule has 1 atom stereocenters. The molecule has 3 heterocycles. The van der Waals surface area contributed by atoms with Gasteiger partial charge >= 0.3 is 0 Å². The van der Waals surface area contributed by atoms with Crippen LogP contribution in [0.15, 0.2) is 36.8 Å². The monoisotopic (exact) mass is 397 g/mol. The molecule has 0 aliphatic carbocycles. The minimum absolute atomic E-state index is 0.0283. The number of piperazine rings is 1. The maximum absolute atomic E-state index is 13.0. The van der Waals surface area contributed by atoms with E-state index in [9.17, 15) is 9.18 Å². The van der Waals surface area contributed by atoms with Crippen molar-refractivity contribution in [2.24, 2.45) is 7.05 Å². The molecular weight excluding hydrogens is 373 g/mol. The fourth-order valence-electron chi connectivity index (χ4n) is 3.63. The molecule has 1 unspecified atom stereocenters. The highest BCUT2D eigenvalue weighted by Gasteiger charge is 2.27. The highest BCUT2D eigenvalue weighted by atomic mass is 19.1. The topological polar surface area (TPSA) is 79.2 Å². The predicted octanol–water partition coefficient (Wildman–Crippen LogP) is 1.33. The maximum Gasteiger partial charge on any atom is 0.237 e. The summed E-state index contributed by atoms with van der Waals surface area (Å²) in [6, 6.07) is 5.92. The molecule has 1 aromatic carbocycles. The average Bonchev–Trinajstić information content (AvgIpc) is 3.14. The third-order valence-corrected chi connectivity index (χ3v) is 5.43. The van der Waals surface area contributed by atoms with Crippen LogP contribution in [-0.4, -0.2) is 62.8 Å². The van der Waals surface area contributed by atoms with Gasteiger partial charge in [0, 0.05) is 39.8 Å². The molecule has 1 saturated heterocycles. The number of halogens is 1. The first kappa shape index (κ1) is 19.3. The molecule has 0 radical (unpaired) electrons. The van der Waals surface area contributed by atoms with Gasteiger partial charge in [0.25, 0.3) is 0 Å². The van der Waals surface area contributed by atoms with Crippen LogP contribution in [0.2, 0.25) is 0 Å². The third kappa shape index (κ3) is 4.04. The van der Waals surface area contributed by atoms with Crippen molar-refractivity contribution >= 4 is 22.8 Å². The Labute approximate surface area is 168 Å². The van der Waals surface area contributed by atoms with Crippen molar-refractivity contribution in [3.05, 3.63) is 48.2 Å². The lowest BCUT2D eigenvalue weighted by atomic mass is 10.2. The molecular formula is C20H24FN7O. The smallest absolute Gasteiger partial charge is 0.237 e. The van der Waals surface area contributed by atoms with Crippen molar-refractivity contribution in [3.8, 4) is 0 Å². The van der Waals surface area contributed by atoms with Gasteiger partial charge in [-0.05, 0) is 24.6 Å². The molecule has 8 nitrogen and oxygen atoms in total. The van der Waals surface area contributed by atoms with E-state index in [1.165, 1.54) is 12.1 Å². The molecule has 2 aromatic heterocycles. The standard InChI is InChI=1S/C20H24FN7O/c1-14(20(29)22-11-15-3-5-16(21)6-4-15)27-7-9-28(10-8-27)19-17-12-25-26(2)18(17)23-13-24-19/h3-6,12-14H,7-11H2,1-2H3,(H,22,29). The molecule has 1 aliphatic heterocycles. The molecule has 0 saturated carbocycles. The van der Waals surface area contributed by atoms with E-state index >= 15 is 0 Å². The van der Waals surface area contributed by atoms with Crippen molar-refractivity contribution in [1.29, 1.82) is 0 Å².